The Kier molecular flexibility index (Phi) is 3.79. The van der Waals surface area contributed by atoms with E-state index in [1.807, 2.05) is 18.2 Å². The predicted molar refractivity (Wildman–Crippen MR) is 65.7 cm³/mol. The molecule has 1 aromatic rings. The van der Waals surface area contributed by atoms with E-state index in [2.05, 4.69) is 12.1 Å². The third kappa shape index (κ3) is 2.50. The van der Waals surface area contributed by atoms with Gasteiger partial charge in [-0.1, -0.05) is 30.3 Å². The second kappa shape index (κ2) is 5.14. The molecule has 1 aliphatic rings. The second-order valence-corrected chi connectivity index (χ2v) is 4.59. The maximum absolute atomic E-state index is 10.4. The molecule has 2 rings (SSSR count). The van der Waals surface area contributed by atoms with Crippen molar-refractivity contribution in [3.05, 3.63) is 35.9 Å². The van der Waals surface area contributed by atoms with Gasteiger partial charge in [-0.05, 0) is 24.8 Å². The van der Waals surface area contributed by atoms with E-state index in [1.165, 1.54) is 17.7 Å². The number of aliphatic hydroxyl groups is 1. The Labute approximate surface area is 102 Å². The molecular weight excluding hydrogens is 216 g/mol. The number of benzene rings is 1. The SMILES string of the molecule is COC1(O)C(Cc2ccccc2)CCCN1N. The van der Waals surface area contributed by atoms with Crippen LogP contribution in [0.5, 0.6) is 0 Å². The maximum Gasteiger partial charge on any atom is 0.243 e. The molecule has 1 fully saturated rings. The van der Waals surface area contributed by atoms with E-state index in [1.54, 1.807) is 0 Å². The first-order valence-corrected chi connectivity index (χ1v) is 6.00. The molecule has 1 aromatic carbocycles. The molecule has 17 heavy (non-hydrogen) atoms. The molecule has 0 aliphatic carbocycles. The molecule has 0 bridgehead atoms. The molecule has 0 aromatic heterocycles. The van der Waals surface area contributed by atoms with E-state index in [-0.39, 0.29) is 5.92 Å². The minimum atomic E-state index is -1.34. The summed E-state index contributed by atoms with van der Waals surface area (Å²) in [4.78, 5) is 0. The van der Waals surface area contributed by atoms with Crippen LogP contribution in [0.1, 0.15) is 18.4 Å². The van der Waals surface area contributed by atoms with Gasteiger partial charge in [0.05, 0.1) is 0 Å². The highest BCUT2D eigenvalue weighted by atomic mass is 16.6. The summed E-state index contributed by atoms with van der Waals surface area (Å²) in [6.07, 6.45) is 2.69. The highest BCUT2D eigenvalue weighted by Crippen LogP contribution is 2.32. The third-order valence-corrected chi connectivity index (χ3v) is 3.52. The first kappa shape index (κ1) is 12.5. The van der Waals surface area contributed by atoms with Gasteiger partial charge < -0.3 is 9.84 Å². The zero-order valence-electron chi connectivity index (χ0n) is 10.2. The van der Waals surface area contributed by atoms with Crippen molar-refractivity contribution in [2.45, 2.75) is 25.2 Å². The van der Waals surface area contributed by atoms with E-state index in [0.29, 0.717) is 6.54 Å². The molecular formula is C13H20N2O2. The van der Waals surface area contributed by atoms with E-state index >= 15 is 0 Å². The first-order chi connectivity index (χ1) is 8.16. The second-order valence-electron chi connectivity index (χ2n) is 4.59. The van der Waals surface area contributed by atoms with Crippen molar-refractivity contribution in [2.75, 3.05) is 13.7 Å². The van der Waals surface area contributed by atoms with Crippen LogP contribution in [0, 0.1) is 5.92 Å². The number of piperidine rings is 1. The minimum absolute atomic E-state index is 0.00801. The molecule has 0 amide bonds. The fraction of sp³-hybridized carbons (Fsp3) is 0.538. The molecule has 1 aliphatic heterocycles. The lowest BCUT2D eigenvalue weighted by Crippen LogP contribution is -2.62. The van der Waals surface area contributed by atoms with Gasteiger partial charge in [-0.2, -0.15) is 5.01 Å². The normalized spacial score (nSPS) is 30.4. The number of hydrogen-bond acceptors (Lipinski definition) is 4. The van der Waals surface area contributed by atoms with Gasteiger partial charge in [-0.3, -0.25) is 5.84 Å². The molecule has 1 saturated heterocycles. The zero-order valence-corrected chi connectivity index (χ0v) is 10.2. The first-order valence-electron chi connectivity index (χ1n) is 6.00. The van der Waals surface area contributed by atoms with Crippen LogP contribution in [-0.4, -0.2) is 29.7 Å². The van der Waals surface area contributed by atoms with Gasteiger partial charge in [0.25, 0.3) is 0 Å². The maximum atomic E-state index is 10.4. The average Bonchev–Trinajstić information content (AvgIpc) is 2.36. The molecule has 1 heterocycles. The number of nitrogens with two attached hydrogens (primary N) is 1. The van der Waals surface area contributed by atoms with Crippen molar-refractivity contribution in [3.8, 4) is 0 Å². The molecule has 2 atom stereocenters. The van der Waals surface area contributed by atoms with Gasteiger partial charge in [0.2, 0.25) is 5.91 Å². The largest absolute Gasteiger partial charge is 0.352 e. The van der Waals surface area contributed by atoms with Crippen molar-refractivity contribution in [2.24, 2.45) is 11.8 Å². The summed E-state index contributed by atoms with van der Waals surface area (Å²) < 4.78 is 5.23. The summed E-state index contributed by atoms with van der Waals surface area (Å²) in [6.45, 7) is 0.662. The Balaban J connectivity index is 2.13. The van der Waals surface area contributed by atoms with Crippen molar-refractivity contribution < 1.29 is 9.84 Å². The number of methoxy groups -OCH3 is 1. The average molecular weight is 236 g/mol. The third-order valence-electron chi connectivity index (χ3n) is 3.52. The number of nitrogens with zero attached hydrogens (tertiary/aromatic N) is 1. The Morgan fingerprint density at radius 1 is 1.47 bits per heavy atom. The van der Waals surface area contributed by atoms with Crippen molar-refractivity contribution in [1.29, 1.82) is 0 Å². The lowest BCUT2D eigenvalue weighted by atomic mass is 9.88. The number of ether oxygens (including phenoxy) is 1. The molecule has 2 unspecified atom stereocenters. The van der Waals surface area contributed by atoms with Gasteiger partial charge >= 0.3 is 0 Å². The highest BCUT2D eigenvalue weighted by Gasteiger charge is 2.44. The van der Waals surface area contributed by atoms with Crippen LogP contribution >= 0.6 is 0 Å². The topological polar surface area (TPSA) is 58.7 Å². The highest BCUT2D eigenvalue weighted by molar-refractivity contribution is 5.15. The van der Waals surface area contributed by atoms with Crippen molar-refractivity contribution in [3.63, 3.8) is 0 Å². The number of hydrogen-bond donors (Lipinski definition) is 2. The quantitative estimate of drug-likeness (QED) is 0.609. The summed E-state index contributed by atoms with van der Waals surface area (Å²) in [5.41, 5.74) is 1.20. The Bertz CT molecular complexity index is 358. The smallest absolute Gasteiger partial charge is 0.243 e. The zero-order chi connectivity index (χ0) is 12.3. The van der Waals surface area contributed by atoms with Crippen LogP contribution in [0.2, 0.25) is 0 Å². The lowest BCUT2D eigenvalue weighted by Gasteiger charge is -2.44. The standard InChI is InChI=1S/C13H20N2O2/c1-17-13(16)12(8-5-9-15(13)14)10-11-6-3-2-4-7-11/h2-4,6-7,12,16H,5,8-10,14H2,1H3. The van der Waals surface area contributed by atoms with E-state index in [4.69, 9.17) is 10.6 Å². The molecule has 4 nitrogen and oxygen atoms in total. The van der Waals surface area contributed by atoms with Crippen molar-refractivity contribution >= 4 is 0 Å². The number of hydrazine groups is 1. The van der Waals surface area contributed by atoms with Crippen LogP contribution in [0.25, 0.3) is 0 Å². The van der Waals surface area contributed by atoms with Gasteiger partial charge in [-0.25, -0.2) is 0 Å². The van der Waals surface area contributed by atoms with Gasteiger partial charge in [0.1, 0.15) is 0 Å². The Morgan fingerprint density at radius 2 is 2.18 bits per heavy atom. The molecule has 0 spiro atoms. The Morgan fingerprint density at radius 3 is 2.82 bits per heavy atom. The molecule has 0 radical (unpaired) electrons. The van der Waals surface area contributed by atoms with Crippen LogP contribution in [0.4, 0.5) is 0 Å². The fourth-order valence-electron chi connectivity index (χ4n) is 2.51. The number of rotatable bonds is 3. The van der Waals surface area contributed by atoms with Gasteiger partial charge in [-0.15, -0.1) is 0 Å². The summed E-state index contributed by atoms with van der Waals surface area (Å²) in [7, 11) is 1.50. The van der Waals surface area contributed by atoms with Crippen LogP contribution < -0.4 is 5.84 Å². The summed E-state index contributed by atoms with van der Waals surface area (Å²) in [5.74, 6) is 4.49. The van der Waals surface area contributed by atoms with Gasteiger partial charge in [0, 0.05) is 19.6 Å². The lowest BCUT2D eigenvalue weighted by molar-refractivity contribution is -0.324. The predicted octanol–water partition coefficient (Wildman–Crippen LogP) is 1.11. The monoisotopic (exact) mass is 236 g/mol. The Hall–Kier alpha value is -0.940. The molecule has 94 valence electrons. The molecule has 3 N–H and O–H groups in total. The summed E-state index contributed by atoms with van der Waals surface area (Å²) in [6, 6.07) is 10.1. The van der Waals surface area contributed by atoms with Gasteiger partial charge in [0.15, 0.2) is 0 Å². The van der Waals surface area contributed by atoms with Crippen LogP contribution in [0.3, 0.4) is 0 Å². The van der Waals surface area contributed by atoms with E-state index in [0.717, 1.165) is 19.3 Å². The summed E-state index contributed by atoms with van der Waals surface area (Å²) >= 11 is 0. The van der Waals surface area contributed by atoms with E-state index in [9.17, 15) is 5.11 Å². The minimum Gasteiger partial charge on any atom is -0.352 e. The van der Waals surface area contributed by atoms with Crippen LogP contribution in [0.15, 0.2) is 30.3 Å². The molecule has 4 heteroatoms. The summed E-state index contributed by atoms with van der Waals surface area (Å²) in [5, 5.41) is 11.9. The van der Waals surface area contributed by atoms with Crippen molar-refractivity contribution in [1.82, 2.24) is 5.01 Å². The van der Waals surface area contributed by atoms with Crippen LogP contribution in [-0.2, 0) is 11.2 Å². The fourth-order valence-corrected chi connectivity index (χ4v) is 2.51. The van der Waals surface area contributed by atoms with E-state index < -0.39 is 5.91 Å². The molecule has 0 saturated carbocycles.